The highest BCUT2D eigenvalue weighted by Gasteiger charge is 2.26. The van der Waals surface area contributed by atoms with Crippen molar-refractivity contribution in [3.05, 3.63) is 35.9 Å². The maximum absolute atomic E-state index is 12.4. The number of unbranched alkanes of at least 4 members (excludes halogenated alkanes) is 1. The van der Waals surface area contributed by atoms with Gasteiger partial charge in [-0.05, 0) is 31.4 Å². The van der Waals surface area contributed by atoms with Gasteiger partial charge in [-0.2, -0.15) is 4.31 Å². The molecule has 2 rings (SSSR count). The summed E-state index contributed by atoms with van der Waals surface area (Å²) in [6.07, 6.45) is 3.92. The van der Waals surface area contributed by atoms with Crippen LogP contribution in [0.4, 0.5) is 0 Å². The summed E-state index contributed by atoms with van der Waals surface area (Å²) >= 11 is 0. The van der Waals surface area contributed by atoms with Gasteiger partial charge in [-0.25, -0.2) is 8.42 Å². The van der Waals surface area contributed by atoms with Gasteiger partial charge in [0.05, 0.1) is 5.75 Å². The van der Waals surface area contributed by atoms with Crippen molar-refractivity contribution >= 4 is 10.0 Å². The number of hydrogen-bond donors (Lipinski definition) is 0. The van der Waals surface area contributed by atoms with Crippen LogP contribution < -0.4 is 0 Å². The van der Waals surface area contributed by atoms with E-state index in [9.17, 15) is 8.42 Å². The van der Waals surface area contributed by atoms with Crippen molar-refractivity contribution in [2.45, 2.75) is 32.6 Å². The Morgan fingerprint density at radius 2 is 1.68 bits per heavy atom. The van der Waals surface area contributed by atoms with Crippen molar-refractivity contribution in [2.24, 2.45) is 0 Å². The number of benzene rings is 1. The fraction of sp³-hybridized carbons (Fsp3) is 0.647. The van der Waals surface area contributed by atoms with Gasteiger partial charge in [0, 0.05) is 26.2 Å². The van der Waals surface area contributed by atoms with Crippen molar-refractivity contribution in [1.29, 1.82) is 0 Å². The summed E-state index contributed by atoms with van der Waals surface area (Å²) in [5.74, 6) is 0.261. The van der Waals surface area contributed by atoms with E-state index in [1.54, 1.807) is 4.31 Å². The Labute approximate surface area is 135 Å². The molecule has 0 bridgehead atoms. The zero-order valence-corrected chi connectivity index (χ0v) is 14.4. The minimum Gasteiger partial charge on any atom is -0.301 e. The average Bonchev–Trinajstić information content (AvgIpc) is 2.54. The van der Waals surface area contributed by atoms with Crippen molar-refractivity contribution in [2.75, 3.05) is 38.5 Å². The zero-order chi connectivity index (χ0) is 15.8. The normalized spacial score (nSPS) is 17.7. The fourth-order valence-corrected chi connectivity index (χ4v) is 4.33. The highest BCUT2D eigenvalue weighted by atomic mass is 32.2. The lowest BCUT2D eigenvalue weighted by Crippen LogP contribution is -2.49. The fourth-order valence-electron chi connectivity index (χ4n) is 2.85. The lowest BCUT2D eigenvalue weighted by Gasteiger charge is -2.33. The molecule has 1 aromatic carbocycles. The molecule has 1 fully saturated rings. The van der Waals surface area contributed by atoms with E-state index in [1.807, 2.05) is 18.2 Å². The molecule has 1 aliphatic heterocycles. The third-order valence-electron chi connectivity index (χ3n) is 4.26. The van der Waals surface area contributed by atoms with E-state index in [0.717, 1.165) is 26.1 Å². The molecule has 0 N–H and O–H groups in total. The van der Waals surface area contributed by atoms with Crippen LogP contribution >= 0.6 is 0 Å². The van der Waals surface area contributed by atoms with Gasteiger partial charge in [-0.1, -0.05) is 43.7 Å². The molecule has 124 valence electrons. The van der Waals surface area contributed by atoms with E-state index in [0.29, 0.717) is 19.5 Å². The molecular weight excluding hydrogens is 296 g/mol. The molecule has 0 aliphatic carbocycles. The van der Waals surface area contributed by atoms with E-state index >= 15 is 0 Å². The number of nitrogens with zero attached hydrogens (tertiary/aromatic N) is 2. The van der Waals surface area contributed by atoms with Crippen LogP contribution in [-0.4, -0.2) is 56.1 Å². The Hall–Kier alpha value is -0.910. The first kappa shape index (κ1) is 17.4. The van der Waals surface area contributed by atoms with Crippen molar-refractivity contribution in [3.8, 4) is 0 Å². The Morgan fingerprint density at radius 3 is 2.32 bits per heavy atom. The number of sulfonamides is 1. The lowest BCUT2D eigenvalue weighted by atomic mass is 10.1. The van der Waals surface area contributed by atoms with Crippen LogP contribution in [0.5, 0.6) is 0 Å². The Balaban J connectivity index is 1.74. The summed E-state index contributed by atoms with van der Waals surface area (Å²) in [6, 6.07) is 10.1. The predicted molar refractivity (Wildman–Crippen MR) is 91.5 cm³/mol. The number of hydrogen-bond acceptors (Lipinski definition) is 3. The predicted octanol–water partition coefficient (Wildman–Crippen LogP) is 2.37. The molecule has 1 saturated heterocycles. The molecule has 0 aromatic heterocycles. The van der Waals surface area contributed by atoms with Gasteiger partial charge >= 0.3 is 0 Å². The van der Waals surface area contributed by atoms with Crippen LogP contribution in [0.2, 0.25) is 0 Å². The first-order valence-corrected chi connectivity index (χ1v) is 9.97. The minimum atomic E-state index is -3.09. The Morgan fingerprint density at radius 1 is 1.00 bits per heavy atom. The molecular formula is C17H28N2O2S. The molecule has 1 aliphatic rings. The second-order valence-electron chi connectivity index (χ2n) is 6.00. The van der Waals surface area contributed by atoms with E-state index in [1.165, 1.54) is 18.4 Å². The largest absolute Gasteiger partial charge is 0.301 e. The molecule has 4 nitrogen and oxygen atoms in total. The third-order valence-corrected chi connectivity index (χ3v) is 6.22. The lowest BCUT2D eigenvalue weighted by molar-refractivity contribution is 0.186. The highest BCUT2D eigenvalue weighted by Crippen LogP contribution is 2.11. The zero-order valence-electron chi connectivity index (χ0n) is 13.6. The molecule has 0 saturated carbocycles. The van der Waals surface area contributed by atoms with Gasteiger partial charge in [0.1, 0.15) is 0 Å². The third kappa shape index (κ3) is 5.38. The quantitative estimate of drug-likeness (QED) is 0.737. The van der Waals surface area contributed by atoms with E-state index < -0.39 is 10.0 Å². The number of aryl methyl sites for hydroxylation is 1. The topological polar surface area (TPSA) is 40.6 Å². The molecule has 0 atom stereocenters. The average molecular weight is 324 g/mol. The maximum atomic E-state index is 12.4. The van der Waals surface area contributed by atoms with E-state index in [4.69, 9.17) is 0 Å². The number of rotatable bonds is 8. The summed E-state index contributed by atoms with van der Waals surface area (Å²) < 4.78 is 26.5. The van der Waals surface area contributed by atoms with E-state index in [2.05, 4.69) is 24.0 Å². The molecule has 1 aromatic rings. The van der Waals surface area contributed by atoms with Gasteiger partial charge in [0.2, 0.25) is 10.0 Å². The summed E-state index contributed by atoms with van der Waals surface area (Å²) in [4.78, 5) is 2.37. The maximum Gasteiger partial charge on any atom is 0.214 e. The molecule has 0 unspecified atom stereocenters. The summed E-state index contributed by atoms with van der Waals surface area (Å²) in [7, 11) is -3.09. The van der Waals surface area contributed by atoms with Gasteiger partial charge in [0.15, 0.2) is 0 Å². The van der Waals surface area contributed by atoms with E-state index in [-0.39, 0.29) is 5.75 Å². The SMILES string of the molecule is CCCCN1CCN(S(=O)(=O)CCCc2ccccc2)CC1. The van der Waals surface area contributed by atoms with Crippen LogP contribution in [-0.2, 0) is 16.4 Å². The molecule has 0 amide bonds. The molecule has 0 radical (unpaired) electrons. The van der Waals surface area contributed by atoms with Crippen LogP contribution in [0.3, 0.4) is 0 Å². The second kappa shape index (κ2) is 8.65. The summed E-state index contributed by atoms with van der Waals surface area (Å²) in [6.45, 7) is 6.33. The van der Waals surface area contributed by atoms with Crippen LogP contribution in [0.25, 0.3) is 0 Å². The molecule has 22 heavy (non-hydrogen) atoms. The molecule has 0 spiro atoms. The van der Waals surface area contributed by atoms with Gasteiger partial charge in [-0.15, -0.1) is 0 Å². The summed E-state index contributed by atoms with van der Waals surface area (Å²) in [5.41, 5.74) is 1.21. The van der Waals surface area contributed by atoms with Gasteiger partial charge in [0.25, 0.3) is 0 Å². The van der Waals surface area contributed by atoms with Gasteiger partial charge < -0.3 is 4.90 Å². The van der Waals surface area contributed by atoms with Crippen molar-refractivity contribution in [3.63, 3.8) is 0 Å². The van der Waals surface area contributed by atoms with Gasteiger partial charge in [-0.3, -0.25) is 0 Å². The Bertz CT molecular complexity index is 523. The van der Waals surface area contributed by atoms with Crippen LogP contribution in [0.1, 0.15) is 31.7 Å². The Kier molecular flexibility index (Phi) is 6.86. The minimum absolute atomic E-state index is 0.261. The van der Waals surface area contributed by atoms with Crippen LogP contribution in [0.15, 0.2) is 30.3 Å². The first-order valence-electron chi connectivity index (χ1n) is 8.36. The molecule has 5 heteroatoms. The standard InChI is InChI=1S/C17H28N2O2S/c1-2-3-11-18-12-14-19(15-13-18)22(20,21)16-7-10-17-8-5-4-6-9-17/h4-6,8-9H,2-3,7,10-16H2,1H3. The second-order valence-corrected chi connectivity index (χ2v) is 8.09. The summed E-state index contributed by atoms with van der Waals surface area (Å²) in [5, 5.41) is 0. The first-order chi connectivity index (χ1) is 10.6. The molecule has 1 heterocycles. The number of piperazine rings is 1. The monoisotopic (exact) mass is 324 g/mol. The van der Waals surface area contributed by atoms with Crippen molar-refractivity contribution in [1.82, 2.24) is 9.21 Å². The van der Waals surface area contributed by atoms with Crippen LogP contribution in [0, 0.1) is 0 Å². The highest BCUT2D eigenvalue weighted by molar-refractivity contribution is 7.89. The van der Waals surface area contributed by atoms with Crippen molar-refractivity contribution < 1.29 is 8.42 Å². The smallest absolute Gasteiger partial charge is 0.214 e.